The van der Waals surface area contributed by atoms with Crippen molar-refractivity contribution in [3.8, 4) is 5.75 Å². The van der Waals surface area contributed by atoms with Gasteiger partial charge in [-0.1, -0.05) is 18.2 Å². The molecule has 146 valence electrons. The highest BCUT2D eigenvalue weighted by Crippen LogP contribution is 2.29. The Kier molecular flexibility index (Phi) is 5.32. The molecule has 28 heavy (non-hydrogen) atoms. The summed E-state index contributed by atoms with van der Waals surface area (Å²) in [5.74, 6) is -1.14. The first-order valence-electron chi connectivity index (χ1n) is 8.26. The highest BCUT2D eigenvalue weighted by molar-refractivity contribution is 7.12. The van der Waals surface area contributed by atoms with Crippen molar-refractivity contribution in [2.75, 3.05) is 13.7 Å². The molecule has 1 aromatic carbocycles. The molecule has 5 amide bonds. The van der Waals surface area contributed by atoms with Crippen LogP contribution in [0.1, 0.15) is 22.2 Å². The van der Waals surface area contributed by atoms with Crippen molar-refractivity contribution < 1.29 is 23.9 Å². The van der Waals surface area contributed by atoms with Crippen LogP contribution in [0.4, 0.5) is 4.79 Å². The van der Waals surface area contributed by atoms with E-state index in [1.165, 1.54) is 18.4 Å². The lowest BCUT2D eigenvalue weighted by Gasteiger charge is -2.22. The first-order valence-corrected chi connectivity index (χ1v) is 9.14. The standard InChI is InChI=1S/C18H18N4O5S/c1-18(11-5-7-12(27-2)8-6-11)16(25)22(17(26)19-18)10-14(23)20-21-15(24)13-4-3-9-28-13/h3-9H,10H2,1-2H3,(H,19,26)(H,20,23)(H,21,24)/t18-/m0/s1. The van der Waals surface area contributed by atoms with Gasteiger partial charge in [0.15, 0.2) is 0 Å². The molecule has 2 aromatic rings. The fraction of sp³-hybridized carbons (Fsp3) is 0.222. The van der Waals surface area contributed by atoms with Gasteiger partial charge in [0.05, 0.1) is 12.0 Å². The number of nitrogens with one attached hydrogen (secondary N) is 3. The molecule has 0 bridgehead atoms. The molecule has 3 rings (SSSR count). The maximum absolute atomic E-state index is 12.8. The molecule has 1 aliphatic heterocycles. The Morgan fingerprint density at radius 2 is 1.89 bits per heavy atom. The van der Waals surface area contributed by atoms with Crippen LogP contribution in [-0.4, -0.2) is 42.3 Å². The summed E-state index contributed by atoms with van der Waals surface area (Å²) in [6.45, 7) is 1.03. The number of benzene rings is 1. The van der Waals surface area contributed by atoms with E-state index in [0.717, 1.165) is 4.90 Å². The van der Waals surface area contributed by atoms with Gasteiger partial charge < -0.3 is 10.1 Å². The van der Waals surface area contributed by atoms with Crippen LogP contribution in [-0.2, 0) is 15.1 Å². The number of methoxy groups -OCH3 is 1. The summed E-state index contributed by atoms with van der Waals surface area (Å²) in [5, 5.41) is 4.33. The molecule has 0 saturated carbocycles. The van der Waals surface area contributed by atoms with Crippen molar-refractivity contribution in [2.45, 2.75) is 12.5 Å². The number of carbonyl (C=O) groups excluding carboxylic acids is 4. The zero-order chi connectivity index (χ0) is 20.3. The van der Waals surface area contributed by atoms with E-state index in [4.69, 9.17) is 4.74 Å². The van der Waals surface area contributed by atoms with Gasteiger partial charge in [0.25, 0.3) is 17.7 Å². The Labute approximate surface area is 164 Å². The van der Waals surface area contributed by atoms with Gasteiger partial charge in [-0.05, 0) is 36.1 Å². The topological polar surface area (TPSA) is 117 Å². The second-order valence-electron chi connectivity index (χ2n) is 6.15. The molecule has 0 unspecified atom stereocenters. The van der Waals surface area contributed by atoms with E-state index in [1.54, 1.807) is 48.7 Å². The number of hydrazine groups is 1. The Bertz CT molecular complexity index is 913. The summed E-state index contributed by atoms with van der Waals surface area (Å²) in [6, 6.07) is 9.30. The Hall–Kier alpha value is -3.40. The summed E-state index contributed by atoms with van der Waals surface area (Å²) in [4.78, 5) is 50.2. The number of hydrogen-bond acceptors (Lipinski definition) is 6. The van der Waals surface area contributed by atoms with Gasteiger partial charge in [-0.25, -0.2) is 4.79 Å². The lowest BCUT2D eigenvalue weighted by molar-refractivity contribution is -0.135. The van der Waals surface area contributed by atoms with Crippen LogP contribution < -0.4 is 20.9 Å². The predicted molar refractivity (Wildman–Crippen MR) is 101 cm³/mol. The van der Waals surface area contributed by atoms with E-state index in [0.29, 0.717) is 16.2 Å². The molecule has 0 aliphatic carbocycles. The number of nitrogens with zero attached hydrogens (tertiary/aromatic N) is 1. The van der Waals surface area contributed by atoms with E-state index < -0.39 is 35.8 Å². The zero-order valence-electron chi connectivity index (χ0n) is 15.1. The van der Waals surface area contributed by atoms with Gasteiger partial charge in [-0.15, -0.1) is 11.3 Å². The molecular formula is C18H18N4O5S. The molecule has 3 N–H and O–H groups in total. The lowest BCUT2D eigenvalue weighted by Crippen LogP contribution is -2.48. The number of urea groups is 1. The number of ether oxygens (including phenoxy) is 1. The van der Waals surface area contributed by atoms with Crippen molar-refractivity contribution >= 4 is 35.1 Å². The van der Waals surface area contributed by atoms with Crippen molar-refractivity contribution in [1.82, 2.24) is 21.1 Å². The van der Waals surface area contributed by atoms with Gasteiger partial charge in [-0.2, -0.15) is 0 Å². The molecule has 10 heteroatoms. The van der Waals surface area contributed by atoms with Gasteiger partial charge in [0.1, 0.15) is 17.8 Å². The van der Waals surface area contributed by atoms with Crippen molar-refractivity contribution in [2.24, 2.45) is 0 Å². The normalized spacial score (nSPS) is 18.6. The maximum Gasteiger partial charge on any atom is 0.325 e. The van der Waals surface area contributed by atoms with E-state index in [1.807, 2.05) is 0 Å². The minimum atomic E-state index is -1.30. The summed E-state index contributed by atoms with van der Waals surface area (Å²) in [5.41, 5.74) is 3.69. The Balaban J connectivity index is 1.64. The monoisotopic (exact) mass is 402 g/mol. The molecule has 1 aromatic heterocycles. The largest absolute Gasteiger partial charge is 0.497 e. The molecule has 9 nitrogen and oxygen atoms in total. The lowest BCUT2D eigenvalue weighted by atomic mass is 9.92. The molecule has 0 spiro atoms. The fourth-order valence-electron chi connectivity index (χ4n) is 2.74. The van der Waals surface area contributed by atoms with Gasteiger partial charge >= 0.3 is 6.03 Å². The van der Waals surface area contributed by atoms with Crippen LogP contribution in [0.25, 0.3) is 0 Å². The molecule has 1 aliphatic rings. The number of thiophene rings is 1. The van der Waals surface area contributed by atoms with E-state index in [-0.39, 0.29) is 0 Å². The van der Waals surface area contributed by atoms with E-state index in [2.05, 4.69) is 16.2 Å². The third-order valence-electron chi connectivity index (χ3n) is 4.30. The minimum Gasteiger partial charge on any atom is -0.497 e. The van der Waals surface area contributed by atoms with Crippen molar-refractivity contribution in [1.29, 1.82) is 0 Å². The number of amides is 5. The van der Waals surface area contributed by atoms with Gasteiger partial charge in [-0.3, -0.25) is 30.1 Å². The predicted octanol–water partition coefficient (Wildman–Crippen LogP) is 0.985. The van der Waals surface area contributed by atoms with Crippen LogP contribution >= 0.6 is 11.3 Å². The summed E-state index contributed by atoms with van der Waals surface area (Å²) < 4.78 is 5.09. The van der Waals surface area contributed by atoms with Crippen LogP contribution in [0.2, 0.25) is 0 Å². The minimum absolute atomic E-state index is 0.419. The molecule has 2 heterocycles. The third-order valence-corrected chi connectivity index (χ3v) is 5.17. The average molecular weight is 402 g/mol. The second-order valence-corrected chi connectivity index (χ2v) is 7.10. The molecular weight excluding hydrogens is 384 g/mol. The molecule has 1 atom stereocenters. The van der Waals surface area contributed by atoms with E-state index in [9.17, 15) is 19.2 Å². The van der Waals surface area contributed by atoms with Crippen LogP contribution in [0.3, 0.4) is 0 Å². The number of carbonyl (C=O) groups is 4. The van der Waals surface area contributed by atoms with Gasteiger partial charge in [0.2, 0.25) is 0 Å². The second kappa shape index (κ2) is 7.69. The molecule has 1 fully saturated rings. The van der Waals surface area contributed by atoms with Gasteiger partial charge in [0, 0.05) is 0 Å². The average Bonchev–Trinajstić information content (AvgIpc) is 3.30. The van der Waals surface area contributed by atoms with Crippen LogP contribution in [0.15, 0.2) is 41.8 Å². The van der Waals surface area contributed by atoms with Crippen LogP contribution in [0.5, 0.6) is 5.75 Å². The smallest absolute Gasteiger partial charge is 0.325 e. The summed E-state index contributed by atoms with van der Waals surface area (Å²) in [6.07, 6.45) is 0. The SMILES string of the molecule is COc1ccc([C@]2(C)NC(=O)N(CC(=O)NNC(=O)c3cccs3)C2=O)cc1. The zero-order valence-corrected chi connectivity index (χ0v) is 16.0. The number of imide groups is 1. The summed E-state index contributed by atoms with van der Waals surface area (Å²) in [7, 11) is 1.52. The Morgan fingerprint density at radius 1 is 1.18 bits per heavy atom. The van der Waals surface area contributed by atoms with Crippen molar-refractivity contribution in [3.05, 3.63) is 52.2 Å². The number of hydrogen-bond donors (Lipinski definition) is 3. The van der Waals surface area contributed by atoms with Crippen LogP contribution in [0, 0.1) is 0 Å². The summed E-state index contributed by atoms with van der Waals surface area (Å²) >= 11 is 1.22. The quantitative estimate of drug-likeness (QED) is 0.509. The highest BCUT2D eigenvalue weighted by Gasteiger charge is 2.49. The molecule has 1 saturated heterocycles. The third kappa shape index (κ3) is 3.67. The number of rotatable bonds is 5. The maximum atomic E-state index is 12.8. The fourth-order valence-corrected chi connectivity index (χ4v) is 3.36. The first kappa shape index (κ1) is 19.4. The Morgan fingerprint density at radius 3 is 2.50 bits per heavy atom. The highest BCUT2D eigenvalue weighted by atomic mass is 32.1. The van der Waals surface area contributed by atoms with E-state index >= 15 is 0 Å². The molecule has 0 radical (unpaired) electrons. The first-order chi connectivity index (χ1) is 13.3. The van der Waals surface area contributed by atoms with Crippen molar-refractivity contribution in [3.63, 3.8) is 0 Å².